The SMILES string of the molecule is CC1CC(C)(C)CC1(O)Cc1cccs1. The summed E-state index contributed by atoms with van der Waals surface area (Å²) in [5, 5.41) is 12.8. The number of hydrogen-bond donors (Lipinski definition) is 1. The second-order valence-corrected chi connectivity index (χ2v) is 6.84. The third-order valence-electron chi connectivity index (χ3n) is 3.62. The normalized spacial score (nSPS) is 34.5. The van der Waals surface area contributed by atoms with E-state index in [0.717, 1.165) is 19.3 Å². The van der Waals surface area contributed by atoms with Crippen LogP contribution < -0.4 is 0 Å². The Morgan fingerprint density at radius 1 is 1.53 bits per heavy atom. The lowest BCUT2D eigenvalue weighted by molar-refractivity contribution is 0.00518. The standard InChI is InChI=1S/C13H20OS/c1-10-7-12(2,3)9-13(10,14)8-11-5-4-6-15-11/h4-6,10,14H,7-9H2,1-3H3. The second-order valence-electron chi connectivity index (χ2n) is 5.81. The molecule has 2 unspecified atom stereocenters. The van der Waals surface area contributed by atoms with E-state index in [9.17, 15) is 5.11 Å². The molecule has 1 nitrogen and oxygen atoms in total. The maximum atomic E-state index is 10.7. The van der Waals surface area contributed by atoms with Gasteiger partial charge in [-0.1, -0.05) is 26.8 Å². The van der Waals surface area contributed by atoms with Gasteiger partial charge in [-0.15, -0.1) is 11.3 Å². The van der Waals surface area contributed by atoms with Crippen molar-refractivity contribution in [1.29, 1.82) is 0 Å². The lowest BCUT2D eigenvalue weighted by atomic mass is 9.86. The Morgan fingerprint density at radius 2 is 2.27 bits per heavy atom. The van der Waals surface area contributed by atoms with Gasteiger partial charge in [-0.2, -0.15) is 0 Å². The molecule has 15 heavy (non-hydrogen) atoms. The summed E-state index contributed by atoms with van der Waals surface area (Å²) in [4.78, 5) is 1.31. The predicted molar refractivity (Wildman–Crippen MR) is 65.2 cm³/mol. The molecule has 0 amide bonds. The fraction of sp³-hybridized carbons (Fsp3) is 0.692. The van der Waals surface area contributed by atoms with E-state index in [1.165, 1.54) is 4.88 Å². The highest BCUT2D eigenvalue weighted by Gasteiger charge is 2.47. The average molecular weight is 224 g/mol. The zero-order chi connectivity index (χ0) is 11.1. The molecular formula is C13H20OS. The van der Waals surface area contributed by atoms with E-state index >= 15 is 0 Å². The summed E-state index contributed by atoms with van der Waals surface area (Å²) < 4.78 is 0. The minimum Gasteiger partial charge on any atom is -0.389 e. The smallest absolute Gasteiger partial charge is 0.0726 e. The lowest BCUT2D eigenvalue weighted by Gasteiger charge is -2.28. The first-order chi connectivity index (χ1) is 6.91. The third-order valence-corrected chi connectivity index (χ3v) is 4.50. The summed E-state index contributed by atoms with van der Waals surface area (Å²) in [5.74, 6) is 0.412. The molecule has 2 rings (SSSR count). The maximum Gasteiger partial charge on any atom is 0.0726 e. The molecular weight excluding hydrogens is 204 g/mol. The van der Waals surface area contributed by atoms with Gasteiger partial charge in [0.05, 0.1) is 5.60 Å². The Balaban J connectivity index is 2.14. The number of thiophene rings is 1. The molecule has 84 valence electrons. The fourth-order valence-corrected chi connectivity index (χ4v) is 3.87. The van der Waals surface area contributed by atoms with Crippen LogP contribution in [0.5, 0.6) is 0 Å². The highest BCUT2D eigenvalue weighted by Crippen LogP contribution is 2.48. The summed E-state index contributed by atoms with van der Waals surface area (Å²) in [6.45, 7) is 6.70. The number of aliphatic hydroxyl groups is 1. The van der Waals surface area contributed by atoms with E-state index in [-0.39, 0.29) is 0 Å². The van der Waals surface area contributed by atoms with E-state index in [1.54, 1.807) is 11.3 Å². The van der Waals surface area contributed by atoms with E-state index < -0.39 is 5.60 Å². The van der Waals surface area contributed by atoms with Crippen LogP contribution in [0.2, 0.25) is 0 Å². The molecule has 1 aromatic heterocycles. The van der Waals surface area contributed by atoms with E-state index in [2.05, 4.69) is 38.3 Å². The third kappa shape index (κ3) is 2.26. The van der Waals surface area contributed by atoms with Crippen LogP contribution in [0.15, 0.2) is 17.5 Å². The first-order valence-corrected chi connectivity index (χ1v) is 6.54. The van der Waals surface area contributed by atoms with Crippen molar-refractivity contribution in [2.24, 2.45) is 11.3 Å². The average Bonchev–Trinajstić information content (AvgIpc) is 2.59. The van der Waals surface area contributed by atoms with Gasteiger partial charge in [0, 0.05) is 11.3 Å². The van der Waals surface area contributed by atoms with Crippen molar-refractivity contribution < 1.29 is 5.11 Å². The largest absolute Gasteiger partial charge is 0.389 e. The Morgan fingerprint density at radius 3 is 2.73 bits per heavy atom. The monoisotopic (exact) mass is 224 g/mol. The van der Waals surface area contributed by atoms with Gasteiger partial charge in [0.1, 0.15) is 0 Å². The molecule has 2 heteroatoms. The van der Waals surface area contributed by atoms with Crippen LogP contribution in [0.1, 0.15) is 38.5 Å². The van der Waals surface area contributed by atoms with Gasteiger partial charge in [0.25, 0.3) is 0 Å². The molecule has 0 bridgehead atoms. The van der Waals surface area contributed by atoms with E-state index in [1.807, 2.05) is 0 Å². The van der Waals surface area contributed by atoms with Crippen LogP contribution in [0, 0.1) is 11.3 Å². The molecule has 2 atom stereocenters. The molecule has 1 aliphatic carbocycles. The Bertz CT molecular complexity index is 328. The summed E-state index contributed by atoms with van der Waals surface area (Å²) >= 11 is 1.75. The topological polar surface area (TPSA) is 20.2 Å². The lowest BCUT2D eigenvalue weighted by Crippen LogP contribution is -2.34. The molecule has 1 fully saturated rings. The summed E-state index contributed by atoms with van der Waals surface area (Å²) in [6, 6.07) is 4.19. The van der Waals surface area contributed by atoms with E-state index in [0.29, 0.717) is 11.3 Å². The van der Waals surface area contributed by atoms with Crippen molar-refractivity contribution in [3.63, 3.8) is 0 Å². The molecule has 1 heterocycles. The number of rotatable bonds is 2. The first-order valence-electron chi connectivity index (χ1n) is 5.66. The fourth-order valence-electron chi connectivity index (χ4n) is 3.05. The highest BCUT2D eigenvalue weighted by molar-refractivity contribution is 7.09. The Labute approximate surface area is 96.1 Å². The van der Waals surface area contributed by atoms with Gasteiger partial charge in [-0.3, -0.25) is 0 Å². The van der Waals surface area contributed by atoms with Crippen molar-refractivity contribution in [1.82, 2.24) is 0 Å². The Kier molecular flexibility index (Phi) is 2.68. The molecule has 0 spiro atoms. The van der Waals surface area contributed by atoms with Crippen LogP contribution in [-0.4, -0.2) is 10.7 Å². The van der Waals surface area contributed by atoms with Crippen LogP contribution in [0.3, 0.4) is 0 Å². The molecule has 0 aliphatic heterocycles. The molecule has 1 aromatic rings. The van der Waals surface area contributed by atoms with Gasteiger partial charge in [0.15, 0.2) is 0 Å². The second kappa shape index (κ2) is 3.60. The van der Waals surface area contributed by atoms with E-state index in [4.69, 9.17) is 0 Å². The van der Waals surface area contributed by atoms with Crippen molar-refractivity contribution >= 4 is 11.3 Å². The highest BCUT2D eigenvalue weighted by atomic mass is 32.1. The minimum absolute atomic E-state index is 0.297. The zero-order valence-corrected chi connectivity index (χ0v) is 10.6. The van der Waals surface area contributed by atoms with Crippen molar-refractivity contribution in [3.05, 3.63) is 22.4 Å². The van der Waals surface area contributed by atoms with Gasteiger partial charge < -0.3 is 5.11 Å². The Hall–Kier alpha value is -0.340. The number of hydrogen-bond acceptors (Lipinski definition) is 2. The maximum absolute atomic E-state index is 10.7. The summed E-state index contributed by atoms with van der Waals surface area (Å²) in [7, 11) is 0. The summed E-state index contributed by atoms with van der Waals surface area (Å²) in [6.07, 6.45) is 2.89. The molecule has 1 aliphatic rings. The molecule has 0 aromatic carbocycles. The molecule has 0 radical (unpaired) electrons. The van der Waals surface area contributed by atoms with Crippen LogP contribution >= 0.6 is 11.3 Å². The zero-order valence-electron chi connectivity index (χ0n) is 9.79. The van der Waals surface area contributed by atoms with Crippen molar-refractivity contribution in [2.45, 2.75) is 45.6 Å². The molecule has 0 saturated heterocycles. The summed E-state index contributed by atoms with van der Waals surface area (Å²) in [5.41, 5.74) is -0.181. The van der Waals surface area contributed by atoms with Crippen LogP contribution in [0.25, 0.3) is 0 Å². The van der Waals surface area contributed by atoms with Gasteiger partial charge in [0.2, 0.25) is 0 Å². The van der Waals surface area contributed by atoms with Crippen LogP contribution in [-0.2, 0) is 6.42 Å². The van der Waals surface area contributed by atoms with Crippen molar-refractivity contribution in [3.8, 4) is 0 Å². The van der Waals surface area contributed by atoms with Crippen molar-refractivity contribution in [2.75, 3.05) is 0 Å². The predicted octanol–water partition coefficient (Wildman–Crippen LogP) is 3.48. The minimum atomic E-state index is -0.478. The van der Waals surface area contributed by atoms with Gasteiger partial charge >= 0.3 is 0 Å². The molecule has 1 saturated carbocycles. The van der Waals surface area contributed by atoms with Gasteiger partial charge in [-0.05, 0) is 35.6 Å². The molecule has 1 N–H and O–H groups in total. The van der Waals surface area contributed by atoms with Crippen LogP contribution in [0.4, 0.5) is 0 Å². The quantitative estimate of drug-likeness (QED) is 0.815. The first kappa shape index (κ1) is 11.2. The van der Waals surface area contributed by atoms with Gasteiger partial charge in [-0.25, -0.2) is 0 Å².